The number of aryl methyl sites for hydroxylation is 1. The molecular weight excluding hydrogens is 250 g/mol. The van der Waals surface area contributed by atoms with Gasteiger partial charge in [-0.25, -0.2) is 0 Å². The van der Waals surface area contributed by atoms with Crippen LogP contribution >= 0.6 is 0 Å². The van der Waals surface area contributed by atoms with Gasteiger partial charge >= 0.3 is 0 Å². The highest BCUT2D eigenvalue weighted by molar-refractivity contribution is 5.23. The third kappa shape index (κ3) is 4.58. The summed E-state index contributed by atoms with van der Waals surface area (Å²) in [6.45, 7) is 6.82. The van der Waals surface area contributed by atoms with E-state index in [9.17, 15) is 10.2 Å². The van der Waals surface area contributed by atoms with Gasteiger partial charge in [0.05, 0.1) is 11.7 Å². The van der Waals surface area contributed by atoms with Crippen molar-refractivity contribution in [2.45, 2.75) is 51.2 Å². The van der Waals surface area contributed by atoms with Crippen LogP contribution in [0.5, 0.6) is 0 Å². The van der Waals surface area contributed by atoms with Crippen molar-refractivity contribution in [1.29, 1.82) is 0 Å². The minimum atomic E-state index is -0.510. The summed E-state index contributed by atoms with van der Waals surface area (Å²) in [4.78, 5) is 2.36. The first-order valence-corrected chi connectivity index (χ1v) is 7.66. The molecule has 3 heteroatoms. The van der Waals surface area contributed by atoms with Crippen LogP contribution in [0.25, 0.3) is 0 Å². The van der Waals surface area contributed by atoms with E-state index in [0.29, 0.717) is 0 Å². The molecule has 112 valence electrons. The van der Waals surface area contributed by atoms with Crippen molar-refractivity contribution in [3.63, 3.8) is 0 Å². The van der Waals surface area contributed by atoms with Gasteiger partial charge in [-0.3, -0.25) is 0 Å². The number of hydrogen-bond acceptors (Lipinski definition) is 3. The minimum absolute atomic E-state index is 0.390. The molecule has 0 aliphatic carbocycles. The molecule has 20 heavy (non-hydrogen) atoms. The highest BCUT2D eigenvalue weighted by Crippen LogP contribution is 2.23. The standard InChI is InChI=1S/C17H27NO2/c1-14-5-3-6-15(13-14)16(19)7-11-18-10-4-8-17(2,20)9-12-18/h3,5-6,13,16,19-20H,4,7-12H2,1-2H3. The number of likely N-dealkylation sites (tertiary alicyclic amines) is 1. The molecule has 1 fully saturated rings. The van der Waals surface area contributed by atoms with E-state index in [4.69, 9.17) is 0 Å². The van der Waals surface area contributed by atoms with Crippen molar-refractivity contribution in [3.05, 3.63) is 35.4 Å². The van der Waals surface area contributed by atoms with Gasteiger partial charge in [0, 0.05) is 13.1 Å². The number of hydrogen-bond donors (Lipinski definition) is 2. The zero-order valence-electron chi connectivity index (χ0n) is 12.7. The van der Waals surface area contributed by atoms with Gasteiger partial charge in [0.2, 0.25) is 0 Å². The Balaban J connectivity index is 1.83. The van der Waals surface area contributed by atoms with E-state index in [1.165, 1.54) is 5.56 Å². The second kappa shape index (κ2) is 6.70. The van der Waals surface area contributed by atoms with Crippen LogP contribution in [0, 0.1) is 6.92 Å². The van der Waals surface area contributed by atoms with Crippen LogP contribution in [0.3, 0.4) is 0 Å². The fourth-order valence-electron chi connectivity index (χ4n) is 2.89. The van der Waals surface area contributed by atoms with Crippen LogP contribution in [-0.4, -0.2) is 40.3 Å². The molecule has 1 aliphatic heterocycles. The molecule has 1 aliphatic rings. The van der Waals surface area contributed by atoms with Gasteiger partial charge in [-0.2, -0.15) is 0 Å². The quantitative estimate of drug-likeness (QED) is 0.889. The van der Waals surface area contributed by atoms with E-state index in [-0.39, 0.29) is 0 Å². The Kier molecular flexibility index (Phi) is 5.19. The molecule has 0 saturated carbocycles. The van der Waals surface area contributed by atoms with E-state index in [0.717, 1.165) is 50.9 Å². The predicted molar refractivity (Wildman–Crippen MR) is 81.7 cm³/mol. The Labute approximate surface area is 122 Å². The summed E-state index contributed by atoms with van der Waals surface area (Å²) >= 11 is 0. The molecule has 2 N–H and O–H groups in total. The SMILES string of the molecule is Cc1cccc(C(O)CCN2CCCC(C)(O)CC2)c1. The van der Waals surface area contributed by atoms with Crippen LogP contribution in [0.4, 0.5) is 0 Å². The minimum Gasteiger partial charge on any atom is -0.390 e. The number of nitrogens with zero attached hydrogens (tertiary/aromatic N) is 1. The van der Waals surface area contributed by atoms with E-state index >= 15 is 0 Å². The lowest BCUT2D eigenvalue weighted by atomic mass is 9.98. The monoisotopic (exact) mass is 277 g/mol. The summed E-state index contributed by atoms with van der Waals surface area (Å²) in [6.07, 6.45) is 3.11. The highest BCUT2D eigenvalue weighted by Gasteiger charge is 2.25. The number of benzene rings is 1. The summed E-state index contributed by atoms with van der Waals surface area (Å²) in [6, 6.07) is 8.09. The Hall–Kier alpha value is -0.900. The topological polar surface area (TPSA) is 43.7 Å². The van der Waals surface area contributed by atoms with Gasteiger partial charge in [0.25, 0.3) is 0 Å². The third-order valence-electron chi connectivity index (χ3n) is 4.30. The van der Waals surface area contributed by atoms with Gasteiger partial charge in [0.15, 0.2) is 0 Å². The van der Waals surface area contributed by atoms with E-state index in [2.05, 4.69) is 11.0 Å². The van der Waals surface area contributed by atoms with Gasteiger partial charge < -0.3 is 15.1 Å². The lowest BCUT2D eigenvalue weighted by molar-refractivity contribution is 0.0441. The molecule has 0 amide bonds. The van der Waals surface area contributed by atoms with Gasteiger partial charge in [-0.15, -0.1) is 0 Å². The maximum Gasteiger partial charge on any atom is 0.0802 e. The maximum absolute atomic E-state index is 10.3. The van der Waals surface area contributed by atoms with Crippen LogP contribution < -0.4 is 0 Å². The Morgan fingerprint density at radius 2 is 2.10 bits per heavy atom. The van der Waals surface area contributed by atoms with Gasteiger partial charge in [-0.1, -0.05) is 29.8 Å². The second-order valence-electron chi connectivity index (χ2n) is 6.41. The first-order valence-electron chi connectivity index (χ1n) is 7.66. The number of aliphatic hydroxyl groups excluding tert-OH is 1. The maximum atomic E-state index is 10.3. The molecule has 2 unspecified atom stereocenters. The number of rotatable bonds is 4. The van der Waals surface area contributed by atoms with Crippen LogP contribution in [0.15, 0.2) is 24.3 Å². The lowest BCUT2D eigenvalue weighted by Crippen LogP contribution is -2.29. The molecule has 0 radical (unpaired) electrons. The summed E-state index contributed by atoms with van der Waals surface area (Å²) in [5.41, 5.74) is 1.68. The van der Waals surface area contributed by atoms with Crippen LogP contribution in [0.1, 0.15) is 49.8 Å². The van der Waals surface area contributed by atoms with Crippen LogP contribution in [0.2, 0.25) is 0 Å². The molecule has 2 rings (SSSR count). The second-order valence-corrected chi connectivity index (χ2v) is 6.41. The summed E-state index contributed by atoms with van der Waals surface area (Å²) in [7, 11) is 0. The first kappa shape index (κ1) is 15.5. The largest absolute Gasteiger partial charge is 0.390 e. The molecule has 1 aromatic carbocycles. The molecule has 0 spiro atoms. The number of aliphatic hydroxyl groups is 2. The molecule has 1 saturated heterocycles. The Morgan fingerprint density at radius 1 is 1.30 bits per heavy atom. The average Bonchev–Trinajstić information content (AvgIpc) is 2.57. The summed E-state index contributed by atoms with van der Waals surface area (Å²) in [5, 5.41) is 20.4. The zero-order valence-corrected chi connectivity index (χ0v) is 12.7. The average molecular weight is 277 g/mol. The van der Waals surface area contributed by atoms with E-state index < -0.39 is 11.7 Å². The molecule has 1 aromatic rings. The van der Waals surface area contributed by atoms with Crippen molar-refractivity contribution in [3.8, 4) is 0 Å². The van der Waals surface area contributed by atoms with Crippen LogP contribution in [-0.2, 0) is 0 Å². The zero-order chi connectivity index (χ0) is 14.6. The van der Waals surface area contributed by atoms with Crippen molar-refractivity contribution < 1.29 is 10.2 Å². The van der Waals surface area contributed by atoms with Crippen molar-refractivity contribution >= 4 is 0 Å². The Morgan fingerprint density at radius 3 is 2.85 bits per heavy atom. The molecule has 2 atom stereocenters. The molecule has 0 bridgehead atoms. The fraction of sp³-hybridized carbons (Fsp3) is 0.647. The normalized spacial score (nSPS) is 26.2. The molecule has 3 nitrogen and oxygen atoms in total. The first-order chi connectivity index (χ1) is 9.46. The molecule has 1 heterocycles. The van der Waals surface area contributed by atoms with E-state index in [1.807, 2.05) is 32.0 Å². The van der Waals surface area contributed by atoms with Crippen molar-refractivity contribution in [1.82, 2.24) is 4.90 Å². The summed E-state index contributed by atoms with van der Waals surface area (Å²) in [5.74, 6) is 0. The van der Waals surface area contributed by atoms with Crippen molar-refractivity contribution in [2.75, 3.05) is 19.6 Å². The molecule has 0 aromatic heterocycles. The van der Waals surface area contributed by atoms with Crippen molar-refractivity contribution in [2.24, 2.45) is 0 Å². The summed E-state index contributed by atoms with van der Waals surface area (Å²) < 4.78 is 0. The van der Waals surface area contributed by atoms with Gasteiger partial charge in [0.1, 0.15) is 0 Å². The molecular formula is C17H27NO2. The lowest BCUT2D eigenvalue weighted by Gasteiger charge is -2.23. The highest BCUT2D eigenvalue weighted by atomic mass is 16.3. The van der Waals surface area contributed by atoms with E-state index in [1.54, 1.807) is 0 Å². The fourth-order valence-corrected chi connectivity index (χ4v) is 2.89. The smallest absolute Gasteiger partial charge is 0.0802 e. The predicted octanol–water partition coefficient (Wildman–Crippen LogP) is 2.66. The third-order valence-corrected chi connectivity index (χ3v) is 4.30. The Bertz CT molecular complexity index is 431. The van der Waals surface area contributed by atoms with Gasteiger partial charge in [-0.05, 0) is 51.6 Å².